The normalized spacial score (nSPS) is 11.9. The molecule has 0 bridgehead atoms. The van der Waals surface area contributed by atoms with E-state index in [0.29, 0.717) is 17.1 Å². The molecule has 3 aromatic carbocycles. The SMILES string of the molecule is CC(NC(=O)c1ccccc1OCc1ccc(F)cc1)c1nc2ccccc2[nH]1. The van der Waals surface area contributed by atoms with E-state index in [4.69, 9.17) is 4.74 Å². The van der Waals surface area contributed by atoms with E-state index in [0.717, 1.165) is 16.6 Å². The molecule has 4 aromatic rings. The quantitative estimate of drug-likeness (QED) is 0.499. The maximum Gasteiger partial charge on any atom is 0.255 e. The number of hydrogen-bond acceptors (Lipinski definition) is 3. The number of amides is 1. The zero-order valence-electron chi connectivity index (χ0n) is 15.9. The fourth-order valence-electron chi connectivity index (χ4n) is 3.04. The molecule has 0 fully saturated rings. The van der Waals surface area contributed by atoms with Gasteiger partial charge >= 0.3 is 0 Å². The first-order chi connectivity index (χ1) is 14.1. The lowest BCUT2D eigenvalue weighted by Crippen LogP contribution is -2.27. The smallest absolute Gasteiger partial charge is 0.255 e. The van der Waals surface area contributed by atoms with Crippen LogP contribution in [0.25, 0.3) is 11.0 Å². The number of carbonyl (C=O) groups is 1. The molecule has 0 radical (unpaired) electrons. The fraction of sp³-hybridized carbons (Fsp3) is 0.130. The highest BCUT2D eigenvalue weighted by Crippen LogP contribution is 2.21. The molecule has 29 heavy (non-hydrogen) atoms. The minimum Gasteiger partial charge on any atom is -0.488 e. The molecule has 6 heteroatoms. The summed E-state index contributed by atoms with van der Waals surface area (Å²) in [5.41, 5.74) is 3.02. The van der Waals surface area contributed by atoms with Crippen LogP contribution in [0, 0.1) is 5.82 Å². The molecule has 0 aliphatic carbocycles. The van der Waals surface area contributed by atoms with Crippen molar-refractivity contribution in [2.75, 3.05) is 0 Å². The molecule has 0 aliphatic rings. The lowest BCUT2D eigenvalue weighted by Gasteiger charge is -2.14. The summed E-state index contributed by atoms with van der Waals surface area (Å²) in [5.74, 6) is 0.594. The molecule has 0 aliphatic heterocycles. The van der Waals surface area contributed by atoms with Crippen molar-refractivity contribution in [1.29, 1.82) is 0 Å². The van der Waals surface area contributed by atoms with Crippen molar-refractivity contribution in [1.82, 2.24) is 15.3 Å². The summed E-state index contributed by atoms with van der Waals surface area (Å²) in [6.45, 7) is 2.11. The number of H-pyrrole nitrogens is 1. The topological polar surface area (TPSA) is 67.0 Å². The van der Waals surface area contributed by atoms with E-state index in [1.807, 2.05) is 31.2 Å². The number of ether oxygens (including phenoxy) is 1. The van der Waals surface area contributed by atoms with Gasteiger partial charge in [-0.3, -0.25) is 4.79 Å². The van der Waals surface area contributed by atoms with Crippen LogP contribution >= 0.6 is 0 Å². The lowest BCUT2D eigenvalue weighted by atomic mass is 10.1. The van der Waals surface area contributed by atoms with E-state index >= 15 is 0 Å². The molecular weight excluding hydrogens is 369 g/mol. The van der Waals surface area contributed by atoms with Gasteiger partial charge in [0, 0.05) is 0 Å². The van der Waals surface area contributed by atoms with Gasteiger partial charge in [-0.25, -0.2) is 9.37 Å². The Bertz CT molecular complexity index is 1110. The Labute approximate surface area is 167 Å². The van der Waals surface area contributed by atoms with Crippen molar-refractivity contribution in [2.45, 2.75) is 19.6 Å². The molecular formula is C23H20FN3O2. The minimum absolute atomic E-state index is 0.240. The van der Waals surface area contributed by atoms with Gasteiger partial charge in [-0.05, 0) is 48.9 Å². The first kappa shape index (κ1) is 18.7. The molecule has 1 amide bonds. The average molecular weight is 389 g/mol. The third kappa shape index (κ3) is 4.27. The van der Waals surface area contributed by atoms with Gasteiger partial charge < -0.3 is 15.0 Å². The van der Waals surface area contributed by atoms with Crippen molar-refractivity contribution in [3.63, 3.8) is 0 Å². The third-order valence-corrected chi connectivity index (χ3v) is 4.60. The molecule has 1 unspecified atom stereocenters. The Morgan fingerprint density at radius 3 is 2.59 bits per heavy atom. The monoisotopic (exact) mass is 389 g/mol. The zero-order valence-corrected chi connectivity index (χ0v) is 15.9. The Kier molecular flexibility index (Phi) is 5.24. The van der Waals surface area contributed by atoms with Crippen LogP contribution < -0.4 is 10.1 Å². The maximum absolute atomic E-state index is 13.0. The highest BCUT2D eigenvalue weighted by atomic mass is 19.1. The number of fused-ring (bicyclic) bond motifs is 1. The van der Waals surface area contributed by atoms with Gasteiger partial charge in [0.05, 0.1) is 22.6 Å². The molecule has 0 spiro atoms. The van der Waals surface area contributed by atoms with Crippen molar-refractivity contribution in [3.05, 3.63) is 95.6 Å². The minimum atomic E-state index is -0.306. The number of hydrogen-bond donors (Lipinski definition) is 2. The predicted octanol–water partition coefficient (Wildman–Crippen LogP) is 4.77. The number of nitrogens with one attached hydrogen (secondary N) is 2. The lowest BCUT2D eigenvalue weighted by molar-refractivity contribution is 0.0934. The zero-order chi connectivity index (χ0) is 20.2. The van der Waals surface area contributed by atoms with Crippen LogP contribution in [0.1, 0.15) is 34.7 Å². The molecule has 0 saturated heterocycles. The third-order valence-electron chi connectivity index (χ3n) is 4.60. The second-order valence-corrected chi connectivity index (χ2v) is 6.75. The van der Waals surface area contributed by atoms with Crippen LogP contribution in [-0.4, -0.2) is 15.9 Å². The number of benzene rings is 3. The average Bonchev–Trinajstić information content (AvgIpc) is 3.18. The van der Waals surface area contributed by atoms with Gasteiger partial charge in [0.15, 0.2) is 0 Å². The second-order valence-electron chi connectivity index (χ2n) is 6.75. The fourth-order valence-corrected chi connectivity index (χ4v) is 3.04. The standard InChI is InChI=1S/C23H20FN3O2/c1-15(22-26-19-7-3-4-8-20(19)27-22)25-23(28)18-6-2-5-9-21(18)29-14-16-10-12-17(24)13-11-16/h2-13,15H,14H2,1H3,(H,25,28)(H,26,27). The van der Waals surface area contributed by atoms with E-state index in [1.54, 1.807) is 36.4 Å². The summed E-state index contributed by atoms with van der Waals surface area (Å²) in [7, 11) is 0. The molecule has 1 heterocycles. The summed E-state index contributed by atoms with van der Waals surface area (Å²) < 4.78 is 18.9. The van der Waals surface area contributed by atoms with Gasteiger partial charge in [0.25, 0.3) is 5.91 Å². The number of para-hydroxylation sites is 3. The number of aromatic nitrogens is 2. The van der Waals surface area contributed by atoms with Crippen LogP contribution in [0.5, 0.6) is 5.75 Å². The van der Waals surface area contributed by atoms with Gasteiger partial charge in [-0.2, -0.15) is 0 Å². The highest BCUT2D eigenvalue weighted by molar-refractivity contribution is 5.97. The van der Waals surface area contributed by atoms with E-state index in [9.17, 15) is 9.18 Å². The van der Waals surface area contributed by atoms with Gasteiger partial charge in [-0.15, -0.1) is 0 Å². The number of nitrogens with zero attached hydrogens (tertiary/aromatic N) is 1. The molecule has 0 saturated carbocycles. The molecule has 1 aromatic heterocycles. The molecule has 146 valence electrons. The molecule has 2 N–H and O–H groups in total. The summed E-state index contributed by atoms with van der Waals surface area (Å²) in [5, 5.41) is 2.96. The Balaban J connectivity index is 1.47. The van der Waals surface area contributed by atoms with Crippen LogP contribution in [-0.2, 0) is 6.61 Å². The van der Waals surface area contributed by atoms with Crippen molar-refractivity contribution in [2.24, 2.45) is 0 Å². The van der Waals surface area contributed by atoms with E-state index < -0.39 is 0 Å². The van der Waals surface area contributed by atoms with Crippen LogP contribution in [0.3, 0.4) is 0 Å². The van der Waals surface area contributed by atoms with Crippen LogP contribution in [0.15, 0.2) is 72.8 Å². The Morgan fingerprint density at radius 2 is 1.79 bits per heavy atom. The summed E-state index contributed by atoms with van der Waals surface area (Å²) >= 11 is 0. The van der Waals surface area contributed by atoms with Crippen LogP contribution in [0.2, 0.25) is 0 Å². The summed E-state index contributed by atoms with van der Waals surface area (Å²) in [4.78, 5) is 20.6. The maximum atomic E-state index is 13.0. The summed E-state index contributed by atoms with van der Waals surface area (Å²) in [6.07, 6.45) is 0. The Morgan fingerprint density at radius 1 is 1.07 bits per heavy atom. The predicted molar refractivity (Wildman–Crippen MR) is 109 cm³/mol. The Hall–Kier alpha value is -3.67. The first-order valence-electron chi connectivity index (χ1n) is 9.32. The number of carbonyl (C=O) groups excluding carboxylic acids is 1. The van der Waals surface area contributed by atoms with Gasteiger partial charge in [0.1, 0.15) is 24.0 Å². The van der Waals surface area contributed by atoms with Gasteiger partial charge in [-0.1, -0.05) is 36.4 Å². The van der Waals surface area contributed by atoms with Gasteiger partial charge in [0.2, 0.25) is 0 Å². The van der Waals surface area contributed by atoms with E-state index in [1.165, 1.54) is 12.1 Å². The van der Waals surface area contributed by atoms with E-state index in [2.05, 4.69) is 15.3 Å². The van der Waals surface area contributed by atoms with E-state index in [-0.39, 0.29) is 24.4 Å². The molecule has 1 atom stereocenters. The number of rotatable bonds is 6. The summed E-state index contributed by atoms with van der Waals surface area (Å²) in [6, 6.07) is 20.5. The largest absolute Gasteiger partial charge is 0.488 e. The van der Waals surface area contributed by atoms with Crippen molar-refractivity contribution in [3.8, 4) is 5.75 Å². The number of aromatic amines is 1. The number of halogens is 1. The second kappa shape index (κ2) is 8.14. The van der Waals surface area contributed by atoms with Crippen molar-refractivity contribution < 1.29 is 13.9 Å². The first-order valence-corrected chi connectivity index (χ1v) is 9.32. The van der Waals surface area contributed by atoms with Crippen LogP contribution in [0.4, 0.5) is 4.39 Å². The number of imidazole rings is 1. The highest BCUT2D eigenvalue weighted by Gasteiger charge is 2.17. The molecule has 5 nitrogen and oxygen atoms in total. The van der Waals surface area contributed by atoms with Crippen molar-refractivity contribution >= 4 is 16.9 Å². The molecule has 4 rings (SSSR count).